The second-order valence-corrected chi connectivity index (χ2v) is 9.56. The highest BCUT2D eigenvalue weighted by Crippen LogP contribution is 2.45. The van der Waals surface area contributed by atoms with Crippen molar-refractivity contribution in [2.45, 2.75) is 50.9 Å². The third-order valence-electron chi connectivity index (χ3n) is 6.46. The molecule has 1 aromatic rings. The molecule has 0 aliphatic carbocycles. The molecule has 4 rings (SSSR count). The third kappa shape index (κ3) is 5.14. The van der Waals surface area contributed by atoms with Crippen molar-refractivity contribution >= 4 is 35.7 Å². The van der Waals surface area contributed by atoms with E-state index < -0.39 is 11.2 Å². The molecular formula is C24H31ClN4O4. The van der Waals surface area contributed by atoms with Crippen molar-refractivity contribution in [2.24, 2.45) is 9.98 Å². The van der Waals surface area contributed by atoms with Gasteiger partial charge in [0.1, 0.15) is 18.5 Å². The number of halogens is 1. The lowest BCUT2D eigenvalue weighted by molar-refractivity contribution is -0.131. The average molecular weight is 475 g/mol. The first-order chi connectivity index (χ1) is 15.7. The number of hydrogen-bond acceptors (Lipinski definition) is 6. The van der Waals surface area contributed by atoms with E-state index in [0.717, 1.165) is 43.7 Å². The van der Waals surface area contributed by atoms with Gasteiger partial charge in [-0.25, -0.2) is 9.98 Å². The van der Waals surface area contributed by atoms with Crippen LogP contribution < -0.4 is 5.32 Å². The molecule has 0 saturated carbocycles. The highest BCUT2D eigenvalue weighted by molar-refractivity contribution is 6.31. The van der Waals surface area contributed by atoms with Gasteiger partial charge in [0.25, 0.3) is 0 Å². The molecule has 0 bridgehead atoms. The molecule has 0 aromatic heterocycles. The van der Waals surface area contributed by atoms with Crippen molar-refractivity contribution in [1.29, 1.82) is 0 Å². The van der Waals surface area contributed by atoms with Crippen LogP contribution >= 0.6 is 11.6 Å². The summed E-state index contributed by atoms with van der Waals surface area (Å²) in [5.74, 6) is 0.590. The van der Waals surface area contributed by atoms with Crippen molar-refractivity contribution in [3.8, 4) is 0 Å². The Morgan fingerprint density at radius 2 is 2.15 bits per heavy atom. The number of rotatable bonds is 6. The molecule has 0 radical (unpaired) electrons. The topological polar surface area (TPSA) is 84.8 Å². The van der Waals surface area contributed by atoms with Crippen LogP contribution in [0.1, 0.15) is 39.2 Å². The number of piperidine rings is 1. The van der Waals surface area contributed by atoms with Crippen molar-refractivity contribution < 1.29 is 19.0 Å². The number of anilines is 1. The molecule has 8 nitrogen and oxygen atoms in total. The number of ether oxygens (including phenoxy) is 3. The first kappa shape index (κ1) is 23.9. The lowest BCUT2D eigenvalue weighted by atomic mass is 9.73. The van der Waals surface area contributed by atoms with Gasteiger partial charge < -0.3 is 19.5 Å². The van der Waals surface area contributed by atoms with E-state index in [-0.39, 0.29) is 12.0 Å². The van der Waals surface area contributed by atoms with Gasteiger partial charge >= 0.3 is 0 Å². The van der Waals surface area contributed by atoms with Gasteiger partial charge in [0.15, 0.2) is 11.6 Å². The maximum Gasteiger partial charge on any atom is 0.235 e. The normalized spacial score (nSPS) is 24.6. The number of fused-ring (bicyclic) bond motifs is 2. The van der Waals surface area contributed by atoms with Crippen LogP contribution in [0.25, 0.3) is 0 Å². The maximum absolute atomic E-state index is 12.8. The van der Waals surface area contributed by atoms with Gasteiger partial charge in [-0.15, -0.1) is 0 Å². The summed E-state index contributed by atoms with van der Waals surface area (Å²) < 4.78 is 17.2. The summed E-state index contributed by atoms with van der Waals surface area (Å²) in [6, 6.07) is 5.63. The van der Waals surface area contributed by atoms with Crippen molar-refractivity contribution in [2.75, 3.05) is 38.2 Å². The minimum atomic E-state index is -0.647. The zero-order valence-corrected chi connectivity index (χ0v) is 20.2. The summed E-state index contributed by atoms with van der Waals surface area (Å²) in [6.45, 7) is 12.5. The van der Waals surface area contributed by atoms with Crippen LogP contribution in [0.2, 0.25) is 5.02 Å². The first-order valence-corrected chi connectivity index (χ1v) is 11.6. The number of amidine groups is 1. The van der Waals surface area contributed by atoms with Crippen LogP contribution in [0.15, 0.2) is 40.1 Å². The van der Waals surface area contributed by atoms with E-state index in [1.54, 1.807) is 6.20 Å². The summed E-state index contributed by atoms with van der Waals surface area (Å²) in [4.78, 5) is 23.4. The van der Waals surface area contributed by atoms with Crippen LogP contribution in [-0.2, 0) is 24.4 Å². The highest BCUT2D eigenvalue weighted by atomic mass is 35.5. The predicted molar refractivity (Wildman–Crippen MR) is 129 cm³/mol. The fourth-order valence-corrected chi connectivity index (χ4v) is 4.78. The molecule has 1 spiro atoms. The van der Waals surface area contributed by atoms with Gasteiger partial charge in [-0.05, 0) is 77.2 Å². The molecular weight excluding hydrogens is 444 g/mol. The van der Waals surface area contributed by atoms with Crippen molar-refractivity contribution in [1.82, 2.24) is 4.90 Å². The Hall–Kier alpha value is -2.26. The smallest absolute Gasteiger partial charge is 0.235 e. The van der Waals surface area contributed by atoms with Gasteiger partial charge in [0.05, 0.1) is 18.2 Å². The number of aliphatic imine (C=N–C) groups is 2. The zero-order valence-electron chi connectivity index (χ0n) is 19.4. The fraction of sp³-hybridized carbons (Fsp3) is 0.542. The monoisotopic (exact) mass is 474 g/mol. The SMILES string of the molecule is C=NC(=N/C=C(\C)OCCN1CCC2(CC1)C(=O)Nc1ccc(Cl)cc12)C1COC(C)(C)O1. The van der Waals surface area contributed by atoms with E-state index >= 15 is 0 Å². The van der Waals surface area contributed by atoms with Gasteiger partial charge in [-0.3, -0.25) is 9.69 Å². The molecule has 178 valence electrons. The number of carbonyl (C=O) groups excluding carboxylic acids is 1. The number of likely N-dealkylation sites (tertiary alicyclic amines) is 1. The largest absolute Gasteiger partial charge is 0.495 e. The summed E-state index contributed by atoms with van der Waals surface area (Å²) in [5, 5.41) is 3.68. The van der Waals surface area contributed by atoms with Gasteiger partial charge in [0, 0.05) is 17.3 Å². The molecule has 2 saturated heterocycles. The van der Waals surface area contributed by atoms with Crippen LogP contribution in [0.4, 0.5) is 5.69 Å². The number of allylic oxidation sites excluding steroid dienone is 1. The Morgan fingerprint density at radius 1 is 1.39 bits per heavy atom. The number of nitrogens with zero attached hydrogens (tertiary/aromatic N) is 3. The lowest BCUT2D eigenvalue weighted by Gasteiger charge is -2.38. The van der Waals surface area contributed by atoms with Crippen LogP contribution in [0.3, 0.4) is 0 Å². The number of nitrogens with one attached hydrogen (secondary N) is 1. The minimum absolute atomic E-state index is 0.0824. The van der Waals surface area contributed by atoms with Gasteiger partial charge in [-0.2, -0.15) is 0 Å². The first-order valence-electron chi connectivity index (χ1n) is 11.2. The van der Waals surface area contributed by atoms with E-state index in [2.05, 4.69) is 26.9 Å². The highest BCUT2D eigenvalue weighted by Gasteiger charge is 2.48. The van der Waals surface area contributed by atoms with Crippen molar-refractivity contribution in [3.63, 3.8) is 0 Å². The molecule has 33 heavy (non-hydrogen) atoms. The molecule has 3 aliphatic rings. The van der Waals surface area contributed by atoms with Crippen molar-refractivity contribution in [3.05, 3.63) is 40.7 Å². The number of amides is 1. The molecule has 1 aromatic carbocycles. The Labute approximate surface area is 199 Å². The van der Waals surface area contributed by atoms with E-state index in [4.69, 9.17) is 25.8 Å². The third-order valence-corrected chi connectivity index (χ3v) is 6.70. The average Bonchev–Trinajstić information content (AvgIpc) is 3.27. The molecule has 1 atom stereocenters. The standard InChI is InChI=1S/C24H31ClN4O4/c1-16(14-27-21(26-4)20-15-32-23(2,3)33-20)31-12-11-29-9-7-24(8-10-29)18-13-17(25)5-6-19(18)28-22(24)30/h5-6,13-14,20H,4,7-12,15H2,1-3H3,(H,28,30)/b16-14+,27-21?. The molecule has 1 amide bonds. The fourth-order valence-electron chi connectivity index (χ4n) is 4.61. The molecule has 1 unspecified atom stereocenters. The Balaban J connectivity index is 1.26. The lowest BCUT2D eigenvalue weighted by Crippen LogP contribution is -2.47. The van der Waals surface area contributed by atoms with Gasteiger partial charge in [-0.1, -0.05) is 11.6 Å². The molecule has 3 aliphatic heterocycles. The maximum atomic E-state index is 12.8. The Bertz CT molecular complexity index is 983. The second-order valence-electron chi connectivity index (χ2n) is 9.12. The van der Waals surface area contributed by atoms with E-state index in [9.17, 15) is 4.79 Å². The zero-order chi connectivity index (χ0) is 23.6. The summed E-state index contributed by atoms with van der Waals surface area (Å²) in [7, 11) is 0. The Morgan fingerprint density at radius 3 is 2.82 bits per heavy atom. The van der Waals surface area contributed by atoms with Crippen LogP contribution in [-0.4, -0.2) is 68.1 Å². The molecule has 3 heterocycles. The molecule has 9 heteroatoms. The van der Waals surface area contributed by atoms with Gasteiger partial charge in [0.2, 0.25) is 5.91 Å². The van der Waals surface area contributed by atoms with Crippen LogP contribution in [0, 0.1) is 0 Å². The summed E-state index contributed by atoms with van der Waals surface area (Å²) in [6.07, 6.45) is 2.82. The van der Waals surface area contributed by atoms with E-state index in [1.807, 2.05) is 39.0 Å². The van der Waals surface area contributed by atoms with E-state index in [0.29, 0.717) is 29.8 Å². The predicted octanol–water partition coefficient (Wildman–Crippen LogP) is 3.75. The number of benzene rings is 1. The summed E-state index contributed by atoms with van der Waals surface area (Å²) in [5.41, 5.74) is 1.43. The second kappa shape index (κ2) is 9.54. The Kier molecular flexibility index (Phi) is 6.91. The van der Waals surface area contributed by atoms with E-state index in [1.165, 1.54) is 0 Å². The summed E-state index contributed by atoms with van der Waals surface area (Å²) >= 11 is 6.20. The quantitative estimate of drug-likeness (QED) is 0.385. The van der Waals surface area contributed by atoms with Crippen LogP contribution in [0.5, 0.6) is 0 Å². The molecule has 1 N–H and O–H groups in total. The number of carbonyl (C=O) groups is 1. The number of hydrogen-bond donors (Lipinski definition) is 1. The minimum Gasteiger partial charge on any atom is -0.495 e. The molecule has 2 fully saturated rings.